The first-order chi connectivity index (χ1) is 12.8. The molecule has 1 aliphatic heterocycles. The van der Waals surface area contributed by atoms with Gasteiger partial charge in [0.2, 0.25) is 5.91 Å². The molecular weight excluding hydrogens is 340 g/mol. The Morgan fingerprint density at radius 2 is 1.81 bits per heavy atom. The molecule has 0 bridgehead atoms. The Balaban J connectivity index is 1.79. The van der Waals surface area contributed by atoms with E-state index in [4.69, 9.17) is 4.74 Å². The fourth-order valence-corrected chi connectivity index (χ4v) is 3.15. The van der Waals surface area contributed by atoms with Gasteiger partial charge in [-0.05, 0) is 61.8 Å². The first kappa shape index (κ1) is 18.8. The molecule has 1 heterocycles. The van der Waals surface area contributed by atoms with Gasteiger partial charge in [-0.15, -0.1) is 0 Å². The molecule has 1 unspecified atom stereocenters. The number of nitrogens with zero attached hydrogens (tertiary/aromatic N) is 1. The van der Waals surface area contributed by atoms with Crippen molar-refractivity contribution < 1.29 is 14.3 Å². The number of carbonyl (C=O) groups excluding carboxylic acids is 2. The molecule has 0 spiro atoms. The van der Waals surface area contributed by atoms with E-state index in [1.165, 1.54) is 0 Å². The average molecular weight is 364 g/mol. The number of rotatable bonds is 4. The maximum absolute atomic E-state index is 12.5. The van der Waals surface area contributed by atoms with Crippen molar-refractivity contribution in [2.75, 3.05) is 0 Å². The van der Waals surface area contributed by atoms with Gasteiger partial charge in [0.1, 0.15) is 5.75 Å². The molecule has 0 fully saturated rings. The van der Waals surface area contributed by atoms with Crippen LogP contribution in [-0.2, 0) is 4.79 Å². The number of hydrogen-bond donors (Lipinski definition) is 1. The highest BCUT2D eigenvalue weighted by molar-refractivity contribution is 6.14. The molecule has 2 aliphatic rings. The van der Waals surface area contributed by atoms with Crippen LogP contribution in [0, 0.1) is 11.8 Å². The predicted molar refractivity (Wildman–Crippen MR) is 106 cm³/mol. The van der Waals surface area contributed by atoms with Gasteiger partial charge in [0.15, 0.2) is 0 Å². The fraction of sp³-hybridized carbons (Fsp3) is 0.318. The van der Waals surface area contributed by atoms with Gasteiger partial charge in [0, 0.05) is 23.3 Å². The molecule has 140 valence electrons. The summed E-state index contributed by atoms with van der Waals surface area (Å²) in [6.45, 7) is 8.03. The number of carbonyl (C=O) groups is 2. The van der Waals surface area contributed by atoms with Crippen molar-refractivity contribution in [3.8, 4) is 5.75 Å². The number of amides is 2. The quantitative estimate of drug-likeness (QED) is 0.883. The molecule has 0 radical (unpaired) electrons. The Bertz CT molecular complexity index is 871. The van der Waals surface area contributed by atoms with Crippen molar-refractivity contribution in [3.05, 3.63) is 65.4 Å². The number of ether oxygens (including phenoxy) is 1. The zero-order valence-corrected chi connectivity index (χ0v) is 16.0. The highest BCUT2D eigenvalue weighted by Crippen LogP contribution is 2.31. The second-order valence-corrected chi connectivity index (χ2v) is 7.26. The SMILES string of the molecule is CC(C)Oc1ccc(C(=O)N=C2C=CC3C(=C2)NC(=O)C=C3C(C)C)cc1. The lowest BCUT2D eigenvalue weighted by Gasteiger charge is -2.29. The van der Waals surface area contributed by atoms with Gasteiger partial charge in [-0.3, -0.25) is 9.59 Å². The Morgan fingerprint density at radius 3 is 2.44 bits per heavy atom. The van der Waals surface area contributed by atoms with Crippen molar-refractivity contribution in [2.24, 2.45) is 16.8 Å². The van der Waals surface area contributed by atoms with Crippen LogP contribution in [0.25, 0.3) is 0 Å². The minimum absolute atomic E-state index is 0.0317. The Hall–Kier alpha value is -2.95. The first-order valence-electron chi connectivity index (χ1n) is 9.15. The van der Waals surface area contributed by atoms with Crippen LogP contribution >= 0.6 is 0 Å². The molecule has 3 rings (SSSR count). The summed E-state index contributed by atoms with van der Waals surface area (Å²) < 4.78 is 5.58. The molecule has 0 saturated heterocycles. The van der Waals surface area contributed by atoms with Crippen LogP contribution in [0.1, 0.15) is 38.1 Å². The van der Waals surface area contributed by atoms with E-state index in [1.54, 1.807) is 36.4 Å². The van der Waals surface area contributed by atoms with E-state index in [2.05, 4.69) is 24.2 Å². The van der Waals surface area contributed by atoms with Crippen LogP contribution in [0.2, 0.25) is 0 Å². The topological polar surface area (TPSA) is 67.8 Å². The molecule has 1 N–H and O–H groups in total. The summed E-state index contributed by atoms with van der Waals surface area (Å²) in [6.07, 6.45) is 7.31. The molecular formula is C22H24N2O3. The molecule has 2 amide bonds. The lowest BCUT2D eigenvalue weighted by Crippen LogP contribution is -2.34. The van der Waals surface area contributed by atoms with Gasteiger partial charge < -0.3 is 10.1 Å². The summed E-state index contributed by atoms with van der Waals surface area (Å²) >= 11 is 0. The number of fused-ring (bicyclic) bond motifs is 1. The van der Waals surface area contributed by atoms with E-state index in [0.29, 0.717) is 11.3 Å². The molecule has 5 nitrogen and oxygen atoms in total. The largest absolute Gasteiger partial charge is 0.491 e. The lowest BCUT2D eigenvalue weighted by molar-refractivity contribution is -0.116. The van der Waals surface area contributed by atoms with E-state index in [9.17, 15) is 9.59 Å². The van der Waals surface area contributed by atoms with Gasteiger partial charge in [0.25, 0.3) is 5.91 Å². The predicted octanol–water partition coefficient (Wildman–Crippen LogP) is 3.84. The van der Waals surface area contributed by atoms with Crippen LogP contribution in [0.5, 0.6) is 5.75 Å². The van der Waals surface area contributed by atoms with Crippen LogP contribution in [0.4, 0.5) is 0 Å². The summed E-state index contributed by atoms with van der Waals surface area (Å²) in [6, 6.07) is 6.93. The number of benzene rings is 1. The Morgan fingerprint density at radius 1 is 1.11 bits per heavy atom. The second-order valence-electron chi connectivity index (χ2n) is 7.26. The zero-order valence-electron chi connectivity index (χ0n) is 16.0. The normalized spacial score (nSPS) is 20.3. The standard InChI is InChI=1S/C22H24N2O3/c1-13(2)19-12-21(25)24-20-11-16(7-10-18(19)20)23-22(26)15-5-8-17(9-6-15)27-14(3)4/h5-14,18H,1-4H3,(H,24,25). The Kier molecular flexibility index (Phi) is 5.40. The second kappa shape index (κ2) is 7.74. The van der Waals surface area contributed by atoms with Crippen LogP contribution < -0.4 is 10.1 Å². The lowest BCUT2D eigenvalue weighted by atomic mass is 9.82. The molecule has 27 heavy (non-hydrogen) atoms. The van der Waals surface area contributed by atoms with Gasteiger partial charge in [-0.25, -0.2) is 4.99 Å². The van der Waals surface area contributed by atoms with E-state index < -0.39 is 0 Å². The minimum Gasteiger partial charge on any atom is -0.491 e. The van der Waals surface area contributed by atoms with E-state index in [-0.39, 0.29) is 29.8 Å². The van der Waals surface area contributed by atoms with E-state index in [1.807, 2.05) is 26.0 Å². The summed E-state index contributed by atoms with van der Waals surface area (Å²) in [5.74, 6) is 0.547. The number of nitrogens with one attached hydrogen (secondary N) is 1. The molecule has 1 aliphatic carbocycles. The van der Waals surface area contributed by atoms with Gasteiger partial charge in [-0.2, -0.15) is 0 Å². The van der Waals surface area contributed by atoms with Gasteiger partial charge >= 0.3 is 0 Å². The first-order valence-corrected chi connectivity index (χ1v) is 9.15. The zero-order chi connectivity index (χ0) is 19.6. The van der Waals surface area contributed by atoms with Crippen LogP contribution in [0.3, 0.4) is 0 Å². The van der Waals surface area contributed by atoms with Gasteiger partial charge in [0.05, 0.1) is 11.8 Å². The molecule has 0 saturated carbocycles. The highest BCUT2D eigenvalue weighted by Gasteiger charge is 2.27. The third kappa shape index (κ3) is 4.42. The summed E-state index contributed by atoms with van der Waals surface area (Å²) in [5.41, 5.74) is 2.84. The van der Waals surface area contributed by atoms with E-state index in [0.717, 1.165) is 17.0 Å². The third-order valence-corrected chi connectivity index (χ3v) is 4.39. The monoisotopic (exact) mass is 364 g/mol. The van der Waals surface area contributed by atoms with Gasteiger partial charge in [-0.1, -0.05) is 19.9 Å². The fourth-order valence-electron chi connectivity index (χ4n) is 3.15. The molecule has 1 aromatic rings. The van der Waals surface area contributed by atoms with Crippen molar-refractivity contribution in [2.45, 2.75) is 33.8 Å². The van der Waals surface area contributed by atoms with Crippen LogP contribution in [0.15, 0.2) is 64.8 Å². The molecule has 1 aromatic carbocycles. The summed E-state index contributed by atoms with van der Waals surface area (Å²) in [7, 11) is 0. The number of allylic oxidation sites excluding steroid dienone is 3. The highest BCUT2D eigenvalue weighted by atomic mass is 16.5. The Labute approximate surface area is 159 Å². The molecule has 1 atom stereocenters. The van der Waals surface area contributed by atoms with Crippen molar-refractivity contribution in [1.82, 2.24) is 5.32 Å². The third-order valence-electron chi connectivity index (χ3n) is 4.39. The maximum atomic E-state index is 12.5. The average Bonchev–Trinajstić information content (AvgIpc) is 2.60. The van der Waals surface area contributed by atoms with Crippen molar-refractivity contribution in [1.29, 1.82) is 0 Å². The van der Waals surface area contributed by atoms with E-state index >= 15 is 0 Å². The molecule has 0 aromatic heterocycles. The number of hydrogen-bond acceptors (Lipinski definition) is 3. The minimum atomic E-state index is -0.331. The van der Waals surface area contributed by atoms with Crippen molar-refractivity contribution in [3.63, 3.8) is 0 Å². The molecule has 5 heteroatoms. The van der Waals surface area contributed by atoms with Crippen molar-refractivity contribution >= 4 is 17.5 Å². The maximum Gasteiger partial charge on any atom is 0.277 e. The smallest absolute Gasteiger partial charge is 0.277 e. The summed E-state index contributed by atoms with van der Waals surface area (Å²) in [4.78, 5) is 28.6. The number of aliphatic imine (C=N–C) groups is 1. The van der Waals surface area contributed by atoms with Crippen LogP contribution in [-0.4, -0.2) is 23.6 Å². The summed E-state index contributed by atoms with van der Waals surface area (Å²) in [5, 5.41) is 2.86.